The fourth-order valence-electron chi connectivity index (χ4n) is 0.767. The molecule has 1 nitrogen and oxygen atoms in total. The van der Waals surface area contributed by atoms with E-state index in [-0.39, 0.29) is 12.4 Å². The first-order chi connectivity index (χ1) is 6.70. The normalized spacial score (nSPS) is 12.4. The van der Waals surface area contributed by atoms with E-state index in [4.69, 9.17) is 11.2 Å². The summed E-state index contributed by atoms with van der Waals surface area (Å²) in [5, 5.41) is 0.882. The van der Waals surface area contributed by atoms with Crippen LogP contribution >= 0.6 is 15.9 Å². The van der Waals surface area contributed by atoms with E-state index in [0.29, 0.717) is 5.76 Å². The molecule has 78 valence electrons. The van der Waals surface area contributed by atoms with E-state index in [0.717, 1.165) is 18.2 Å². The maximum atomic E-state index is 13.0. The molecule has 0 aliphatic rings. The Hall–Kier alpha value is -0.750. The second kappa shape index (κ2) is 8.83. The zero-order chi connectivity index (χ0) is 10.8. The van der Waals surface area contributed by atoms with Crippen LogP contribution in [0.1, 0.15) is 19.8 Å². The van der Waals surface area contributed by atoms with Crippen LogP contribution < -0.4 is 0 Å². The summed E-state index contributed by atoms with van der Waals surface area (Å²) < 4.78 is 18.0. The average molecular weight is 261 g/mol. The van der Waals surface area contributed by atoms with E-state index in [2.05, 4.69) is 21.9 Å². The number of halogens is 2. The molecule has 0 aliphatic carbocycles. The molecule has 0 aromatic carbocycles. The van der Waals surface area contributed by atoms with Crippen molar-refractivity contribution < 1.29 is 9.13 Å². The molecular weight excluding hydrogens is 247 g/mol. The van der Waals surface area contributed by atoms with E-state index in [1.165, 1.54) is 12.2 Å². The van der Waals surface area contributed by atoms with Crippen LogP contribution in [0.5, 0.6) is 0 Å². The highest BCUT2D eigenvalue weighted by Crippen LogP contribution is 2.07. The zero-order valence-electron chi connectivity index (χ0n) is 8.22. The quantitative estimate of drug-likeness (QED) is 0.233. The first-order valence-electron chi connectivity index (χ1n) is 4.37. The summed E-state index contributed by atoms with van der Waals surface area (Å²) in [5.74, 6) is 2.53. The van der Waals surface area contributed by atoms with Crippen LogP contribution in [-0.4, -0.2) is 11.9 Å². The molecule has 0 unspecified atom stereocenters. The lowest BCUT2D eigenvalue weighted by Crippen LogP contribution is -1.88. The standard InChI is InChI=1S/C11H14BrFO/c1-3-8-14-10(2)9-11(13)6-4-5-7-12/h1,6,9H,4-5,7-8H2,2H3/b10-9+,11-6+. The van der Waals surface area contributed by atoms with Crippen LogP contribution in [0, 0.1) is 12.3 Å². The maximum Gasteiger partial charge on any atom is 0.148 e. The van der Waals surface area contributed by atoms with Crippen LogP contribution in [0.2, 0.25) is 0 Å². The van der Waals surface area contributed by atoms with Crippen LogP contribution in [0.3, 0.4) is 0 Å². The van der Waals surface area contributed by atoms with Gasteiger partial charge in [0.05, 0.1) is 5.76 Å². The number of hydrogen-bond acceptors (Lipinski definition) is 1. The Morgan fingerprint density at radius 3 is 2.93 bits per heavy atom. The van der Waals surface area contributed by atoms with Gasteiger partial charge in [-0.25, -0.2) is 4.39 Å². The lowest BCUT2D eigenvalue weighted by molar-refractivity contribution is 0.255. The molecule has 14 heavy (non-hydrogen) atoms. The number of unbranched alkanes of at least 4 members (excludes halogenated alkanes) is 1. The molecule has 0 saturated heterocycles. The highest BCUT2D eigenvalue weighted by Gasteiger charge is 1.92. The van der Waals surface area contributed by atoms with Gasteiger partial charge < -0.3 is 4.74 Å². The summed E-state index contributed by atoms with van der Waals surface area (Å²) in [6.07, 6.45) is 9.50. The topological polar surface area (TPSA) is 9.23 Å². The Balaban J connectivity index is 3.94. The first kappa shape index (κ1) is 13.2. The molecule has 0 amide bonds. The van der Waals surface area contributed by atoms with Crippen LogP contribution in [0.25, 0.3) is 0 Å². The SMILES string of the molecule is C#CCO/C(C)=C/C(F)=C\CCCBr. The monoisotopic (exact) mass is 260 g/mol. The van der Waals surface area contributed by atoms with Gasteiger partial charge in [-0.05, 0) is 25.8 Å². The molecule has 0 bridgehead atoms. The number of alkyl halides is 1. The minimum Gasteiger partial charge on any atom is -0.485 e. The van der Waals surface area contributed by atoms with Crippen molar-refractivity contribution in [2.75, 3.05) is 11.9 Å². The molecule has 0 rings (SSSR count). The van der Waals surface area contributed by atoms with Gasteiger partial charge >= 0.3 is 0 Å². The lowest BCUT2D eigenvalue weighted by atomic mass is 10.3. The average Bonchev–Trinajstić information content (AvgIpc) is 2.15. The van der Waals surface area contributed by atoms with E-state index in [9.17, 15) is 4.39 Å². The van der Waals surface area contributed by atoms with Crippen LogP contribution in [-0.2, 0) is 4.74 Å². The molecule has 0 spiro atoms. The summed E-state index contributed by atoms with van der Waals surface area (Å²) in [7, 11) is 0. The fraction of sp³-hybridized carbons (Fsp3) is 0.455. The van der Waals surface area contributed by atoms with Crippen molar-refractivity contribution in [2.24, 2.45) is 0 Å². The Labute approximate surface area is 93.2 Å². The van der Waals surface area contributed by atoms with E-state index in [1.807, 2.05) is 0 Å². The Bertz CT molecular complexity index is 251. The number of allylic oxidation sites excluding steroid dienone is 4. The van der Waals surface area contributed by atoms with Crippen LogP contribution in [0.15, 0.2) is 23.7 Å². The van der Waals surface area contributed by atoms with Gasteiger partial charge in [0, 0.05) is 11.4 Å². The number of rotatable bonds is 6. The summed E-state index contributed by atoms with van der Waals surface area (Å²) in [4.78, 5) is 0. The molecule has 0 fully saturated rings. The van der Waals surface area contributed by atoms with Gasteiger partial charge in [-0.1, -0.05) is 21.9 Å². The molecule has 0 heterocycles. The third-order valence-electron chi connectivity index (χ3n) is 1.40. The third kappa shape index (κ3) is 7.88. The van der Waals surface area contributed by atoms with E-state index in [1.54, 1.807) is 6.92 Å². The number of terminal acetylenes is 1. The molecule has 0 radical (unpaired) electrons. The molecular formula is C11H14BrFO. The first-order valence-corrected chi connectivity index (χ1v) is 5.49. The van der Waals surface area contributed by atoms with Gasteiger partial charge in [-0.2, -0.15) is 0 Å². The Kier molecular flexibility index (Phi) is 8.36. The van der Waals surface area contributed by atoms with E-state index >= 15 is 0 Å². The predicted molar refractivity (Wildman–Crippen MR) is 60.8 cm³/mol. The van der Waals surface area contributed by atoms with Crippen molar-refractivity contribution in [2.45, 2.75) is 19.8 Å². The van der Waals surface area contributed by atoms with Gasteiger partial charge in [0.15, 0.2) is 0 Å². The minimum atomic E-state index is -0.277. The van der Waals surface area contributed by atoms with Crippen molar-refractivity contribution in [3.05, 3.63) is 23.7 Å². The van der Waals surface area contributed by atoms with Crippen molar-refractivity contribution in [1.82, 2.24) is 0 Å². The summed E-state index contributed by atoms with van der Waals surface area (Å²) in [5.41, 5.74) is 0. The third-order valence-corrected chi connectivity index (χ3v) is 1.96. The molecule has 0 saturated carbocycles. The second-order valence-corrected chi connectivity index (χ2v) is 3.46. The summed E-state index contributed by atoms with van der Waals surface area (Å²) in [6, 6.07) is 0. The molecule has 0 atom stereocenters. The van der Waals surface area contributed by atoms with Gasteiger partial charge in [0.1, 0.15) is 12.4 Å². The van der Waals surface area contributed by atoms with Gasteiger partial charge in [0.2, 0.25) is 0 Å². The highest BCUT2D eigenvalue weighted by molar-refractivity contribution is 9.09. The summed E-state index contributed by atoms with van der Waals surface area (Å²) >= 11 is 3.27. The van der Waals surface area contributed by atoms with Gasteiger partial charge in [0.25, 0.3) is 0 Å². The van der Waals surface area contributed by atoms with Crippen molar-refractivity contribution in [3.63, 3.8) is 0 Å². The van der Waals surface area contributed by atoms with Crippen molar-refractivity contribution in [3.8, 4) is 12.3 Å². The zero-order valence-corrected chi connectivity index (χ0v) is 9.81. The predicted octanol–water partition coefficient (Wildman–Crippen LogP) is 3.57. The Morgan fingerprint density at radius 2 is 2.36 bits per heavy atom. The number of ether oxygens (including phenoxy) is 1. The van der Waals surface area contributed by atoms with Crippen LogP contribution in [0.4, 0.5) is 4.39 Å². The van der Waals surface area contributed by atoms with Gasteiger partial charge in [-0.3, -0.25) is 0 Å². The largest absolute Gasteiger partial charge is 0.485 e. The summed E-state index contributed by atoms with van der Waals surface area (Å²) in [6.45, 7) is 1.85. The second-order valence-electron chi connectivity index (χ2n) is 2.67. The molecule has 0 N–H and O–H groups in total. The smallest absolute Gasteiger partial charge is 0.148 e. The van der Waals surface area contributed by atoms with Crippen molar-refractivity contribution in [1.29, 1.82) is 0 Å². The van der Waals surface area contributed by atoms with Gasteiger partial charge in [-0.15, -0.1) is 6.42 Å². The Morgan fingerprint density at radius 1 is 1.64 bits per heavy atom. The highest BCUT2D eigenvalue weighted by atomic mass is 79.9. The molecule has 3 heteroatoms. The number of hydrogen-bond donors (Lipinski definition) is 0. The maximum absolute atomic E-state index is 13.0. The molecule has 0 aromatic heterocycles. The molecule has 0 aromatic rings. The lowest BCUT2D eigenvalue weighted by Gasteiger charge is -2.00. The van der Waals surface area contributed by atoms with E-state index < -0.39 is 0 Å². The minimum absolute atomic E-state index is 0.178. The molecule has 0 aliphatic heterocycles. The van der Waals surface area contributed by atoms with Crippen molar-refractivity contribution >= 4 is 15.9 Å². The fourth-order valence-corrected chi connectivity index (χ4v) is 1.09.